The minimum Gasteiger partial charge on any atom is -0.297 e. The summed E-state index contributed by atoms with van der Waals surface area (Å²) in [5, 5.41) is 7.90. The monoisotopic (exact) mass is 292 g/mol. The molecule has 0 fully saturated rings. The van der Waals surface area contributed by atoms with Gasteiger partial charge in [0.25, 0.3) is 0 Å². The van der Waals surface area contributed by atoms with E-state index >= 15 is 0 Å². The molecule has 0 aliphatic heterocycles. The van der Waals surface area contributed by atoms with Crippen LogP contribution in [0.15, 0.2) is 18.3 Å². The smallest absolute Gasteiger partial charge is 0.0951 e. The standard InChI is InChI=1S/C15H21ClN4/c1-10-6-5-7-17-13(10)8-11(2)20(4)9-14-15(16)12(3)18-19-14/h5-7,11H,8-9H2,1-4H3,(H,18,19)/t11-/m0/s1. The number of hydrogen-bond donors (Lipinski definition) is 1. The molecule has 0 bridgehead atoms. The van der Waals surface area contributed by atoms with Crippen LogP contribution in [0, 0.1) is 13.8 Å². The van der Waals surface area contributed by atoms with Crippen LogP contribution in [-0.2, 0) is 13.0 Å². The Morgan fingerprint density at radius 3 is 2.70 bits per heavy atom. The molecule has 2 aromatic rings. The van der Waals surface area contributed by atoms with Crippen LogP contribution < -0.4 is 0 Å². The van der Waals surface area contributed by atoms with E-state index in [-0.39, 0.29) is 0 Å². The fraction of sp³-hybridized carbons (Fsp3) is 0.467. The minimum absolute atomic E-state index is 0.372. The van der Waals surface area contributed by atoms with Crippen molar-refractivity contribution < 1.29 is 0 Å². The average Bonchev–Trinajstić information content (AvgIpc) is 2.73. The predicted molar refractivity (Wildman–Crippen MR) is 81.9 cm³/mol. The summed E-state index contributed by atoms with van der Waals surface area (Å²) in [4.78, 5) is 6.70. The second-order valence-corrected chi connectivity index (χ2v) is 5.72. The first-order valence-corrected chi connectivity index (χ1v) is 7.17. The van der Waals surface area contributed by atoms with Crippen LogP contribution in [0.3, 0.4) is 0 Å². The highest BCUT2D eigenvalue weighted by Gasteiger charge is 2.16. The molecule has 0 aliphatic carbocycles. The van der Waals surface area contributed by atoms with Crippen molar-refractivity contribution in [3.63, 3.8) is 0 Å². The van der Waals surface area contributed by atoms with Gasteiger partial charge in [0.15, 0.2) is 0 Å². The normalized spacial score (nSPS) is 12.9. The largest absolute Gasteiger partial charge is 0.297 e. The van der Waals surface area contributed by atoms with E-state index in [0.717, 1.165) is 35.1 Å². The molecular formula is C15H21ClN4. The maximum absolute atomic E-state index is 6.21. The molecule has 2 rings (SSSR count). The number of nitrogens with zero attached hydrogens (tertiary/aromatic N) is 3. The first kappa shape index (κ1) is 15.0. The first-order chi connectivity index (χ1) is 9.49. The highest BCUT2D eigenvalue weighted by molar-refractivity contribution is 6.31. The number of rotatable bonds is 5. The third-order valence-electron chi connectivity index (χ3n) is 3.70. The Morgan fingerprint density at radius 2 is 2.10 bits per heavy atom. The van der Waals surface area contributed by atoms with E-state index < -0.39 is 0 Å². The van der Waals surface area contributed by atoms with Crippen molar-refractivity contribution in [1.82, 2.24) is 20.1 Å². The number of aryl methyl sites for hydroxylation is 2. The predicted octanol–water partition coefficient (Wildman–Crippen LogP) is 3.14. The van der Waals surface area contributed by atoms with Crippen LogP contribution in [-0.4, -0.2) is 33.2 Å². The van der Waals surface area contributed by atoms with Crippen molar-refractivity contribution in [2.24, 2.45) is 0 Å². The van der Waals surface area contributed by atoms with Gasteiger partial charge in [-0.3, -0.25) is 15.0 Å². The molecule has 1 N–H and O–H groups in total. The van der Waals surface area contributed by atoms with E-state index in [9.17, 15) is 0 Å². The zero-order valence-electron chi connectivity index (χ0n) is 12.4. The first-order valence-electron chi connectivity index (χ1n) is 6.79. The Hall–Kier alpha value is -1.39. The quantitative estimate of drug-likeness (QED) is 0.921. The number of aromatic amines is 1. The van der Waals surface area contributed by atoms with Crippen LogP contribution in [0.5, 0.6) is 0 Å². The molecular weight excluding hydrogens is 272 g/mol. The maximum Gasteiger partial charge on any atom is 0.0951 e. The molecule has 2 aromatic heterocycles. The number of halogens is 1. The van der Waals surface area contributed by atoms with E-state index in [4.69, 9.17) is 11.6 Å². The molecule has 0 saturated carbocycles. The van der Waals surface area contributed by atoms with E-state index in [0.29, 0.717) is 6.04 Å². The Bertz CT molecular complexity index is 579. The number of aromatic nitrogens is 3. The van der Waals surface area contributed by atoms with Crippen LogP contribution in [0.4, 0.5) is 0 Å². The minimum atomic E-state index is 0.372. The Labute approximate surface area is 125 Å². The second-order valence-electron chi connectivity index (χ2n) is 5.34. The van der Waals surface area contributed by atoms with Gasteiger partial charge in [-0.2, -0.15) is 5.10 Å². The van der Waals surface area contributed by atoms with Crippen LogP contribution in [0.1, 0.15) is 29.6 Å². The Kier molecular flexibility index (Phi) is 4.78. The van der Waals surface area contributed by atoms with Gasteiger partial charge in [0.05, 0.1) is 16.4 Å². The van der Waals surface area contributed by atoms with Crippen LogP contribution in [0.2, 0.25) is 5.02 Å². The molecule has 108 valence electrons. The van der Waals surface area contributed by atoms with Crippen LogP contribution in [0.25, 0.3) is 0 Å². The van der Waals surface area contributed by atoms with Crippen molar-refractivity contribution >= 4 is 11.6 Å². The molecule has 4 nitrogen and oxygen atoms in total. The summed E-state index contributed by atoms with van der Waals surface area (Å²) < 4.78 is 0. The number of pyridine rings is 1. The molecule has 20 heavy (non-hydrogen) atoms. The van der Waals surface area contributed by atoms with Crippen molar-refractivity contribution in [3.05, 3.63) is 46.0 Å². The van der Waals surface area contributed by atoms with Crippen molar-refractivity contribution in [2.45, 2.75) is 39.8 Å². The van der Waals surface area contributed by atoms with Crippen molar-refractivity contribution in [2.75, 3.05) is 7.05 Å². The lowest BCUT2D eigenvalue weighted by Crippen LogP contribution is -2.31. The van der Waals surface area contributed by atoms with E-state index in [2.05, 4.69) is 47.0 Å². The summed E-state index contributed by atoms with van der Waals surface area (Å²) in [5.41, 5.74) is 4.21. The molecule has 0 aromatic carbocycles. The van der Waals surface area contributed by atoms with Gasteiger partial charge in [-0.15, -0.1) is 0 Å². The molecule has 0 unspecified atom stereocenters. The molecule has 1 atom stereocenters. The van der Waals surface area contributed by atoms with Gasteiger partial charge < -0.3 is 0 Å². The molecule has 0 radical (unpaired) electrons. The van der Waals surface area contributed by atoms with Gasteiger partial charge in [-0.1, -0.05) is 17.7 Å². The van der Waals surface area contributed by atoms with Crippen molar-refractivity contribution in [3.8, 4) is 0 Å². The summed E-state index contributed by atoms with van der Waals surface area (Å²) in [7, 11) is 2.09. The van der Waals surface area contributed by atoms with Gasteiger partial charge in [0.1, 0.15) is 0 Å². The van der Waals surface area contributed by atoms with Gasteiger partial charge in [0, 0.05) is 30.9 Å². The van der Waals surface area contributed by atoms with E-state index in [1.54, 1.807) is 0 Å². The van der Waals surface area contributed by atoms with Gasteiger partial charge >= 0.3 is 0 Å². The summed E-state index contributed by atoms with van der Waals surface area (Å²) in [5.74, 6) is 0. The van der Waals surface area contributed by atoms with E-state index in [1.165, 1.54) is 5.56 Å². The molecule has 2 heterocycles. The molecule has 0 amide bonds. The number of H-pyrrole nitrogens is 1. The van der Waals surface area contributed by atoms with Crippen molar-refractivity contribution in [1.29, 1.82) is 0 Å². The average molecular weight is 293 g/mol. The number of likely N-dealkylation sites (N-methyl/N-ethyl adjacent to an activating group) is 1. The fourth-order valence-corrected chi connectivity index (χ4v) is 2.27. The lowest BCUT2D eigenvalue weighted by molar-refractivity contribution is 0.244. The lowest BCUT2D eigenvalue weighted by Gasteiger charge is -2.24. The van der Waals surface area contributed by atoms with Gasteiger partial charge in [-0.05, 0) is 39.4 Å². The fourth-order valence-electron chi connectivity index (χ4n) is 2.13. The molecule has 0 aliphatic rings. The summed E-state index contributed by atoms with van der Waals surface area (Å²) >= 11 is 6.21. The second kappa shape index (κ2) is 6.37. The van der Waals surface area contributed by atoms with Gasteiger partial charge in [0.2, 0.25) is 0 Å². The summed E-state index contributed by atoms with van der Waals surface area (Å²) in [6.45, 7) is 6.96. The molecule has 0 saturated heterocycles. The maximum atomic E-state index is 6.21. The summed E-state index contributed by atoms with van der Waals surface area (Å²) in [6, 6.07) is 4.44. The zero-order chi connectivity index (χ0) is 14.7. The number of nitrogens with one attached hydrogen (secondary N) is 1. The topological polar surface area (TPSA) is 44.8 Å². The van der Waals surface area contributed by atoms with Gasteiger partial charge in [-0.25, -0.2) is 0 Å². The third kappa shape index (κ3) is 3.38. The lowest BCUT2D eigenvalue weighted by atomic mass is 10.1. The summed E-state index contributed by atoms with van der Waals surface area (Å²) in [6.07, 6.45) is 2.77. The van der Waals surface area contributed by atoms with E-state index in [1.807, 2.05) is 19.2 Å². The Morgan fingerprint density at radius 1 is 1.35 bits per heavy atom. The number of hydrogen-bond acceptors (Lipinski definition) is 3. The van der Waals surface area contributed by atoms with Crippen LogP contribution >= 0.6 is 11.6 Å². The molecule has 0 spiro atoms. The highest BCUT2D eigenvalue weighted by atomic mass is 35.5. The third-order valence-corrected chi connectivity index (χ3v) is 4.20. The molecule has 5 heteroatoms. The Balaban J connectivity index is 2.00. The highest BCUT2D eigenvalue weighted by Crippen LogP contribution is 2.19. The zero-order valence-corrected chi connectivity index (χ0v) is 13.2. The SMILES string of the molecule is Cc1cccnc1C[C@H](C)N(C)Cc1n[nH]c(C)c1Cl.